The minimum atomic E-state index is 0.216. The average Bonchev–Trinajstić information content (AvgIpc) is 2.55. The Hall–Kier alpha value is -2.82. The summed E-state index contributed by atoms with van der Waals surface area (Å²) in [6.45, 7) is 1.77. The molecule has 0 aliphatic heterocycles. The van der Waals surface area contributed by atoms with E-state index in [1.54, 1.807) is 56.6 Å². The van der Waals surface area contributed by atoms with Crippen LogP contribution in [0.15, 0.2) is 54.4 Å². The molecule has 0 fully saturated rings. The molecule has 3 N–H and O–H groups in total. The molecule has 0 aliphatic rings. The number of allylic oxidation sites excluding steroid dienone is 3. The Kier molecular flexibility index (Phi) is 5.14. The fraction of sp³-hybridized carbons (Fsp3) is 0.176. The van der Waals surface area contributed by atoms with Gasteiger partial charge in [-0.15, -0.1) is 0 Å². The largest absolute Gasteiger partial charge is 0.508 e. The van der Waals surface area contributed by atoms with Gasteiger partial charge >= 0.3 is 0 Å². The maximum absolute atomic E-state index is 9.42. The van der Waals surface area contributed by atoms with Gasteiger partial charge in [0.2, 0.25) is 0 Å². The van der Waals surface area contributed by atoms with E-state index in [0.29, 0.717) is 12.2 Å². The molecule has 1 aromatic carbocycles. The zero-order chi connectivity index (χ0) is 15.9. The Morgan fingerprint density at radius 3 is 2.64 bits per heavy atom. The second kappa shape index (κ2) is 7.26. The number of aliphatic hydroxyl groups is 1. The molecular formula is C17H19N3O2. The molecule has 0 amide bonds. The van der Waals surface area contributed by atoms with Crippen LogP contribution in [0.4, 0.5) is 5.82 Å². The molecular weight excluding hydrogens is 278 g/mol. The zero-order valence-corrected chi connectivity index (χ0v) is 12.6. The molecule has 22 heavy (non-hydrogen) atoms. The summed E-state index contributed by atoms with van der Waals surface area (Å²) in [5, 5.41) is 21.8. The van der Waals surface area contributed by atoms with E-state index in [-0.39, 0.29) is 11.5 Å². The number of nitrogens with one attached hydrogen (secondary N) is 1. The first kappa shape index (κ1) is 15.6. The van der Waals surface area contributed by atoms with Gasteiger partial charge in [0.1, 0.15) is 17.3 Å². The lowest BCUT2D eigenvalue weighted by molar-refractivity contribution is 0.431. The summed E-state index contributed by atoms with van der Waals surface area (Å²) in [7, 11) is 1.79. The molecule has 2 aromatic rings. The molecule has 0 saturated heterocycles. The van der Waals surface area contributed by atoms with Crippen molar-refractivity contribution in [1.82, 2.24) is 9.97 Å². The van der Waals surface area contributed by atoms with Crippen LogP contribution in [-0.2, 0) is 6.42 Å². The molecule has 0 spiro atoms. The van der Waals surface area contributed by atoms with Crippen LogP contribution in [0.5, 0.6) is 5.75 Å². The summed E-state index contributed by atoms with van der Waals surface area (Å²) in [5.74, 6) is 1.13. The molecule has 0 saturated carbocycles. The van der Waals surface area contributed by atoms with Crippen LogP contribution in [0, 0.1) is 0 Å². The third kappa shape index (κ3) is 3.85. The van der Waals surface area contributed by atoms with E-state index in [9.17, 15) is 10.2 Å². The highest BCUT2D eigenvalue weighted by atomic mass is 16.3. The van der Waals surface area contributed by atoms with Crippen molar-refractivity contribution in [3.05, 3.63) is 60.1 Å². The third-order valence-electron chi connectivity index (χ3n) is 3.14. The van der Waals surface area contributed by atoms with E-state index in [1.807, 2.05) is 6.08 Å². The molecule has 1 aromatic heterocycles. The Labute approximate surface area is 129 Å². The fourth-order valence-corrected chi connectivity index (χ4v) is 1.94. The van der Waals surface area contributed by atoms with Gasteiger partial charge in [-0.3, -0.25) is 0 Å². The number of aromatic hydroxyl groups is 1. The van der Waals surface area contributed by atoms with Crippen LogP contribution >= 0.6 is 0 Å². The minimum absolute atomic E-state index is 0.216. The smallest absolute Gasteiger partial charge is 0.147 e. The SMILES string of the molecule is C/C=C(O)\C=C/Cc1nc(-c2ccc(O)cc2)cnc1NC. The molecule has 0 radical (unpaired) electrons. The number of hydrogen-bond acceptors (Lipinski definition) is 5. The van der Waals surface area contributed by atoms with Crippen molar-refractivity contribution in [3.8, 4) is 17.0 Å². The summed E-state index contributed by atoms with van der Waals surface area (Å²) in [4.78, 5) is 8.97. The van der Waals surface area contributed by atoms with Gasteiger partial charge in [0.05, 0.1) is 17.6 Å². The van der Waals surface area contributed by atoms with Crippen molar-refractivity contribution in [2.24, 2.45) is 0 Å². The van der Waals surface area contributed by atoms with Crippen molar-refractivity contribution in [3.63, 3.8) is 0 Å². The number of aromatic nitrogens is 2. The van der Waals surface area contributed by atoms with Gasteiger partial charge in [0, 0.05) is 19.0 Å². The molecule has 5 heteroatoms. The molecule has 0 atom stereocenters. The first-order chi connectivity index (χ1) is 10.6. The van der Waals surface area contributed by atoms with Gasteiger partial charge < -0.3 is 15.5 Å². The molecule has 0 bridgehead atoms. The van der Waals surface area contributed by atoms with E-state index in [2.05, 4.69) is 15.3 Å². The number of hydrogen-bond donors (Lipinski definition) is 3. The highest BCUT2D eigenvalue weighted by molar-refractivity contribution is 5.61. The predicted octanol–water partition coefficient (Wildman–Crippen LogP) is 3.45. The lowest BCUT2D eigenvalue weighted by atomic mass is 10.1. The molecule has 114 valence electrons. The topological polar surface area (TPSA) is 78.3 Å². The normalized spacial score (nSPS) is 11.8. The Bertz CT molecular complexity index is 692. The minimum Gasteiger partial charge on any atom is -0.508 e. The highest BCUT2D eigenvalue weighted by Crippen LogP contribution is 2.22. The Morgan fingerprint density at radius 1 is 1.27 bits per heavy atom. The van der Waals surface area contributed by atoms with E-state index >= 15 is 0 Å². The van der Waals surface area contributed by atoms with E-state index < -0.39 is 0 Å². The monoisotopic (exact) mass is 297 g/mol. The fourth-order valence-electron chi connectivity index (χ4n) is 1.94. The first-order valence-corrected chi connectivity index (χ1v) is 6.99. The number of anilines is 1. The van der Waals surface area contributed by atoms with Crippen LogP contribution in [0.1, 0.15) is 12.6 Å². The van der Waals surface area contributed by atoms with Crippen LogP contribution in [0.3, 0.4) is 0 Å². The number of nitrogens with zero attached hydrogens (tertiary/aromatic N) is 2. The van der Waals surface area contributed by atoms with Gasteiger partial charge in [-0.25, -0.2) is 9.97 Å². The third-order valence-corrected chi connectivity index (χ3v) is 3.14. The summed E-state index contributed by atoms with van der Waals surface area (Å²) >= 11 is 0. The van der Waals surface area contributed by atoms with E-state index in [1.165, 1.54) is 0 Å². The number of benzene rings is 1. The molecule has 2 rings (SSSR count). The predicted molar refractivity (Wildman–Crippen MR) is 87.9 cm³/mol. The standard InChI is InChI=1S/C17H19N3O2/c1-3-13(21)5-4-6-15-17(18-2)19-11-16(20-15)12-7-9-14(22)10-8-12/h3-5,7-11,21-22H,6H2,1-2H3,(H,18,19)/b5-4-,13-3+. The van der Waals surface area contributed by atoms with E-state index in [4.69, 9.17) is 0 Å². The van der Waals surface area contributed by atoms with Gasteiger partial charge in [-0.05, 0) is 43.3 Å². The van der Waals surface area contributed by atoms with E-state index in [0.717, 1.165) is 17.0 Å². The zero-order valence-electron chi connectivity index (χ0n) is 12.6. The van der Waals surface area contributed by atoms with Crippen molar-refractivity contribution in [2.45, 2.75) is 13.3 Å². The lowest BCUT2D eigenvalue weighted by Crippen LogP contribution is -2.02. The van der Waals surface area contributed by atoms with Gasteiger partial charge in [-0.1, -0.05) is 6.08 Å². The number of aliphatic hydroxyl groups excluding tert-OH is 1. The summed E-state index contributed by atoms with van der Waals surface area (Å²) < 4.78 is 0. The van der Waals surface area contributed by atoms with Crippen molar-refractivity contribution in [1.29, 1.82) is 0 Å². The van der Waals surface area contributed by atoms with Crippen molar-refractivity contribution >= 4 is 5.82 Å². The van der Waals surface area contributed by atoms with Crippen LogP contribution in [-0.4, -0.2) is 27.2 Å². The molecule has 5 nitrogen and oxygen atoms in total. The van der Waals surface area contributed by atoms with Crippen LogP contribution in [0.2, 0.25) is 0 Å². The number of rotatable bonds is 5. The van der Waals surface area contributed by atoms with Gasteiger partial charge in [0.25, 0.3) is 0 Å². The van der Waals surface area contributed by atoms with Crippen molar-refractivity contribution < 1.29 is 10.2 Å². The molecule has 1 heterocycles. The van der Waals surface area contributed by atoms with Gasteiger partial charge in [-0.2, -0.15) is 0 Å². The Balaban J connectivity index is 2.29. The highest BCUT2D eigenvalue weighted by Gasteiger charge is 2.07. The number of phenols is 1. The maximum atomic E-state index is 9.42. The summed E-state index contributed by atoms with van der Waals surface area (Å²) in [6.07, 6.45) is 7.32. The maximum Gasteiger partial charge on any atom is 0.147 e. The van der Waals surface area contributed by atoms with Crippen molar-refractivity contribution in [2.75, 3.05) is 12.4 Å². The second-order valence-corrected chi connectivity index (χ2v) is 4.67. The number of phenolic OH excluding ortho intramolecular Hbond substituents is 1. The first-order valence-electron chi connectivity index (χ1n) is 6.99. The summed E-state index contributed by atoms with van der Waals surface area (Å²) in [6, 6.07) is 6.83. The molecule has 0 unspecified atom stereocenters. The quantitative estimate of drug-likeness (QED) is 0.582. The lowest BCUT2D eigenvalue weighted by Gasteiger charge is -2.08. The van der Waals surface area contributed by atoms with Gasteiger partial charge in [0.15, 0.2) is 0 Å². The molecule has 0 aliphatic carbocycles. The van der Waals surface area contributed by atoms with Crippen LogP contribution < -0.4 is 5.32 Å². The average molecular weight is 297 g/mol. The summed E-state index contributed by atoms with van der Waals surface area (Å²) in [5.41, 5.74) is 2.40. The Morgan fingerprint density at radius 2 is 2.00 bits per heavy atom. The van der Waals surface area contributed by atoms with Crippen LogP contribution in [0.25, 0.3) is 11.3 Å². The second-order valence-electron chi connectivity index (χ2n) is 4.67.